The predicted octanol–water partition coefficient (Wildman–Crippen LogP) is 2.19. The predicted molar refractivity (Wildman–Crippen MR) is 64.7 cm³/mol. The van der Waals surface area contributed by atoms with E-state index >= 15 is 0 Å². The number of hydrogen-bond donors (Lipinski definition) is 2. The molecule has 17 heavy (non-hydrogen) atoms. The van der Waals surface area contributed by atoms with E-state index < -0.39 is 23.1 Å². The van der Waals surface area contributed by atoms with Crippen molar-refractivity contribution in [1.29, 1.82) is 0 Å². The number of halogens is 3. The molecule has 0 bridgehead atoms. The summed E-state index contributed by atoms with van der Waals surface area (Å²) in [5.74, 6) is -2.56. The number of nitrogens with two attached hydrogens (primary N) is 1. The number of nitrogens with one attached hydrogen (secondary N) is 1. The number of hydrogen-bond acceptors (Lipinski definition) is 2. The van der Waals surface area contributed by atoms with Crippen LogP contribution in [0.1, 0.15) is 23.7 Å². The molecule has 1 unspecified atom stereocenters. The standard InChI is InChI=1S/C11H13BrF2N2O/c1-6(15)2-3-16-11(17)10-8(13)4-7(12)5-9(10)14/h4-6H,2-3,15H2,1H3,(H,16,17). The highest BCUT2D eigenvalue weighted by Crippen LogP contribution is 2.19. The van der Waals surface area contributed by atoms with E-state index in [0.717, 1.165) is 12.1 Å². The third kappa shape index (κ3) is 4.05. The molecule has 3 nitrogen and oxygen atoms in total. The molecule has 6 heteroatoms. The van der Waals surface area contributed by atoms with Gasteiger partial charge in [0.1, 0.15) is 17.2 Å². The van der Waals surface area contributed by atoms with Gasteiger partial charge in [-0.1, -0.05) is 15.9 Å². The number of carbonyl (C=O) groups is 1. The van der Waals surface area contributed by atoms with E-state index in [4.69, 9.17) is 5.73 Å². The average Bonchev–Trinajstić information content (AvgIpc) is 2.14. The lowest BCUT2D eigenvalue weighted by molar-refractivity contribution is 0.0944. The topological polar surface area (TPSA) is 55.1 Å². The summed E-state index contributed by atoms with van der Waals surface area (Å²) < 4.78 is 27.0. The molecule has 0 aliphatic heterocycles. The van der Waals surface area contributed by atoms with Crippen molar-refractivity contribution in [2.24, 2.45) is 5.73 Å². The minimum Gasteiger partial charge on any atom is -0.352 e. The van der Waals surface area contributed by atoms with Crippen LogP contribution in [0.4, 0.5) is 8.78 Å². The van der Waals surface area contributed by atoms with Gasteiger partial charge in [-0.05, 0) is 25.5 Å². The Bertz CT molecular complexity index is 401. The van der Waals surface area contributed by atoms with Crippen molar-refractivity contribution in [2.75, 3.05) is 6.54 Å². The Hall–Kier alpha value is -1.01. The molecule has 1 rings (SSSR count). The number of rotatable bonds is 4. The first-order chi connectivity index (χ1) is 7.91. The second-order valence-corrected chi connectivity index (χ2v) is 4.68. The summed E-state index contributed by atoms with van der Waals surface area (Å²) in [6, 6.07) is 2.02. The van der Waals surface area contributed by atoms with Gasteiger partial charge in [-0.2, -0.15) is 0 Å². The maximum Gasteiger partial charge on any atom is 0.257 e. The summed E-state index contributed by atoms with van der Waals surface area (Å²) >= 11 is 2.94. The van der Waals surface area contributed by atoms with Gasteiger partial charge in [-0.25, -0.2) is 8.78 Å². The normalized spacial score (nSPS) is 12.3. The Labute approximate surface area is 107 Å². The van der Waals surface area contributed by atoms with E-state index in [9.17, 15) is 13.6 Å². The van der Waals surface area contributed by atoms with Crippen LogP contribution in [0.2, 0.25) is 0 Å². The van der Waals surface area contributed by atoms with Crippen molar-refractivity contribution in [3.05, 3.63) is 33.8 Å². The van der Waals surface area contributed by atoms with E-state index in [0.29, 0.717) is 6.42 Å². The van der Waals surface area contributed by atoms with Crippen LogP contribution in [0.15, 0.2) is 16.6 Å². The molecule has 1 atom stereocenters. The minimum atomic E-state index is -0.893. The van der Waals surface area contributed by atoms with Gasteiger partial charge in [-0.3, -0.25) is 4.79 Å². The Morgan fingerprint density at radius 3 is 2.47 bits per heavy atom. The van der Waals surface area contributed by atoms with Gasteiger partial charge in [0.15, 0.2) is 0 Å². The van der Waals surface area contributed by atoms with Crippen LogP contribution in [0.5, 0.6) is 0 Å². The second-order valence-electron chi connectivity index (χ2n) is 3.77. The van der Waals surface area contributed by atoms with Crippen LogP contribution in [0.25, 0.3) is 0 Å². The minimum absolute atomic E-state index is 0.0742. The molecule has 1 aromatic rings. The first-order valence-electron chi connectivity index (χ1n) is 5.10. The smallest absolute Gasteiger partial charge is 0.257 e. The molecule has 1 amide bonds. The number of amides is 1. The van der Waals surface area contributed by atoms with Crippen molar-refractivity contribution < 1.29 is 13.6 Å². The Balaban J connectivity index is 2.76. The van der Waals surface area contributed by atoms with Crippen LogP contribution in [0, 0.1) is 11.6 Å². The van der Waals surface area contributed by atoms with Crippen LogP contribution < -0.4 is 11.1 Å². The summed E-state index contributed by atoms with van der Waals surface area (Å²) in [6.07, 6.45) is 0.547. The highest BCUT2D eigenvalue weighted by atomic mass is 79.9. The molecule has 1 aromatic carbocycles. The van der Waals surface area contributed by atoms with Gasteiger partial charge < -0.3 is 11.1 Å². The fraction of sp³-hybridized carbons (Fsp3) is 0.364. The summed E-state index contributed by atoms with van der Waals surface area (Å²) in [5, 5.41) is 2.42. The van der Waals surface area contributed by atoms with Crippen molar-refractivity contribution in [3.8, 4) is 0 Å². The fourth-order valence-corrected chi connectivity index (χ4v) is 1.66. The SMILES string of the molecule is CC(N)CCNC(=O)c1c(F)cc(Br)cc1F. The average molecular weight is 307 g/mol. The van der Waals surface area contributed by atoms with E-state index in [-0.39, 0.29) is 17.1 Å². The zero-order valence-electron chi connectivity index (χ0n) is 9.27. The molecule has 94 valence electrons. The third-order valence-electron chi connectivity index (χ3n) is 2.12. The van der Waals surface area contributed by atoms with Gasteiger partial charge in [0.2, 0.25) is 0 Å². The van der Waals surface area contributed by atoms with Gasteiger partial charge in [0, 0.05) is 17.1 Å². The number of benzene rings is 1. The maximum atomic E-state index is 13.4. The summed E-state index contributed by atoms with van der Waals surface area (Å²) in [5.41, 5.74) is 4.92. The lowest BCUT2D eigenvalue weighted by atomic mass is 10.1. The highest BCUT2D eigenvalue weighted by molar-refractivity contribution is 9.10. The molecule has 0 aliphatic rings. The van der Waals surface area contributed by atoms with Crippen molar-refractivity contribution >= 4 is 21.8 Å². The van der Waals surface area contributed by atoms with E-state index in [1.165, 1.54) is 0 Å². The summed E-state index contributed by atoms with van der Waals surface area (Å²) in [7, 11) is 0. The Kier molecular flexibility index (Phi) is 5.02. The molecule has 0 fully saturated rings. The zero-order chi connectivity index (χ0) is 13.0. The molecule has 0 saturated carbocycles. The third-order valence-corrected chi connectivity index (χ3v) is 2.58. The van der Waals surface area contributed by atoms with Crippen LogP contribution in [0.3, 0.4) is 0 Å². The lowest BCUT2D eigenvalue weighted by Gasteiger charge is -2.09. The second kappa shape index (κ2) is 6.07. The Morgan fingerprint density at radius 1 is 1.47 bits per heavy atom. The molecule has 0 saturated heterocycles. The maximum absolute atomic E-state index is 13.4. The quantitative estimate of drug-likeness (QED) is 0.896. The Morgan fingerprint density at radius 2 is 2.00 bits per heavy atom. The lowest BCUT2D eigenvalue weighted by Crippen LogP contribution is -2.30. The van der Waals surface area contributed by atoms with Crippen LogP contribution >= 0.6 is 15.9 Å². The zero-order valence-corrected chi connectivity index (χ0v) is 10.9. The van der Waals surface area contributed by atoms with Gasteiger partial charge in [0.25, 0.3) is 5.91 Å². The van der Waals surface area contributed by atoms with Gasteiger partial charge in [0.05, 0.1) is 0 Å². The molecule has 3 N–H and O–H groups in total. The van der Waals surface area contributed by atoms with Crippen molar-refractivity contribution in [3.63, 3.8) is 0 Å². The number of carbonyl (C=O) groups excluding carboxylic acids is 1. The molecule has 0 heterocycles. The van der Waals surface area contributed by atoms with Gasteiger partial charge in [-0.15, -0.1) is 0 Å². The van der Waals surface area contributed by atoms with E-state index in [2.05, 4.69) is 21.2 Å². The highest BCUT2D eigenvalue weighted by Gasteiger charge is 2.17. The molecule has 0 aliphatic carbocycles. The summed E-state index contributed by atoms with van der Waals surface area (Å²) in [6.45, 7) is 2.07. The largest absolute Gasteiger partial charge is 0.352 e. The van der Waals surface area contributed by atoms with Crippen molar-refractivity contribution in [2.45, 2.75) is 19.4 Å². The van der Waals surface area contributed by atoms with Gasteiger partial charge >= 0.3 is 0 Å². The van der Waals surface area contributed by atoms with E-state index in [1.807, 2.05) is 0 Å². The molecule has 0 radical (unpaired) electrons. The first kappa shape index (κ1) is 14.1. The van der Waals surface area contributed by atoms with Crippen molar-refractivity contribution in [1.82, 2.24) is 5.32 Å². The van der Waals surface area contributed by atoms with E-state index in [1.54, 1.807) is 6.92 Å². The fourth-order valence-electron chi connectivity index (χ4n) is 1.26. The van der Waals surface area contributed by atoms with Crippen LogP contribution in [-0.4, -0.2) is 18.5 Å². The molecule has 0 spiro atoms. The van der Waals surface area contributed by atoms with Crippen LogP contribution in [-0.2, 0) is 0 Å². The molecule has 0 aromatic heterocycles. The summed E-state index contributed by atoms with van der Waals surface area (Å²) in [4.78, 5) is 11.5. The molecular formula is C11H13BrF2N2O. The molecular weight excluding hydrogens is 294 g/mol. The first-order valence-corrected chi connectivity index (χ1v) is 5.89. The monoisotopic (exact) mass is 306 g/mol.